The van der Waals surface area contributed by atoms with Crippen molar-refractivity contribution in [3.63, 3.8) is 0 Å². The fourth-order valence-corrected chi connectivity index (χ4v) is 2.17. The van der Waals surface area contributed by atoms with Crippen LogP contribution in [0.1, 0.15) is 6.92 Å². The van der Waals surface area contributed by atoms with E-state index in [-0.39, 0.29) is 24.0 Å². The van der Waals surface area contributed by atoms with Crippen molar-refractivity contribution in [2.24, 2.45) is 0 Å². The molecule has 17 heavy (non-hydrogen) atoms. The molecular formula is C14H13IN2. The number of benzene rings is 2. The van der Waals surface area contributed by atoms with E-state index in [9.17, 15) is 0 Å². The van der Waals surface area contributed by atoms with Gasteiger partial charge in [-0.3, -0.25) is 0 Å². The number of aromatic nitrogens is 2. The molecule has 0 atom stereocenters. The van der Waals surface area contributed by atoms with E-state index in [0.717, 1.165) is 17.6 Å². The van der Waals surface area contributed by atoms with E-state index in [0.29, 0.717) is 0 Å². The summed E-state index contributed by atoms with van der Waals surface area (Å²) in [6.07, 6.45) is 0. The first-order chi connectivity index (χ1) is 7.90. The average Bonchev–Trinajstić information content (AvgIpc) is 2.36. The highest BCUT2D eigenvalue weighted by molar-refractivity contribution is 5.81. The van der Waals surface area contributed by atoms with Crippen molar-refractivity contribution in [3.05, 3.63) is 48.5 Å². The van der Waals surface area contributed by atoms with Gasteiger partial charge in [0.25, 0.3) is 0 Å². The van der Waals surface area contributed by atoms with Gasteiger partial charge >= 0.3 is 0 Å². The number of hydrogen-bond acceptors (Lipinski definition) is 1. The third-order valence-electron chi connectivity index (χ3n) is 2.90. The van der Waals surface area contributed by atoms with Crippen LogP contribution in [0.2, 0.25) is 0 Å². The first-order valence-electron chi connectivity index (χ1n) is 5.57. The first kappa shape index (κ1) is 12.2. The molecule has 0 N–H and O–H groups in total. The molecule has 2 aromatic carbocycles. The maximum atomic E-state index is 4.67. The van der Waals surface area contributed by atoms with Gasteiger partial charge in [0.1, 0.15) is 17.6 Å². The predicted molar refractivity (Wildman–Crippen MR) is 65.1 cm³/mol. The molecular weight excluding hydrogens is 323 g/mol. The van der Waals surface area contributed by atoms with Crippen LogP contribution in [0.25, 0.3) is 22.1 Å². The number of hydrogen-bond donors (Lipinski definition) is 0. The third kappa shape index (κ3) is 1.99. The Kier molecular flexibility index (Phi) is 3.57. The zero-order valence-corrected chi connectivity index (χ0v) is 11.8. The summed E-state index contributed by atoms with van der Waals surface area (Å²) in [5.41, 5.74) is 4.51. The second-order valence-corrected chi connectivity index (χ2v) is 3.83. The first-order valence-corrected chi connectivity index (χ1v) is 5.57. The van der Waals surface area contributed by atoms with Gasteiger partial charge in [0.15, 0.2) is 0 Å². The summed E-state index contributed by atoms with van der Waals surface area (Å²) in [4.78, 5) is 4.67. The molecule has 0 bridgehead atoms. The number of fused-ring (bicyclic) bond motifs is 2. The lowest BCUT2D eigenvalue weighted by Gasteiger charge is -2.02. The normalized spacial score (nSPS) is 10.4. The minimum absolute atomic E-state index is 0. The van der Waals surface area contributed by atoms with Crippen molar-refractivity contribution in [2.75, 3.05) is 0 Å². The Hall–Kier alpha value is -1.23. The number of nitrogens with zero attached hydrogens (tertiary/aromatic N) is 2. The molecule has 3 aromatic rings. The van der Waals surface area contributed by atoms with Crippen LogP contribution >= 0.6 is 0 Å². The zero-order chi connectivity index (χ0) is 11.0. The van der Waals surface area contributed by atoms with Gasteiger partial charge in [0, 0.05) is 12.1 Å². The smallest absolute Gasteiger partial charge is 0.231 e. The fourth-order valence-electron chi connectivity index (χ4n) is 2.17. The summed E-state index contributed by atoms with van der Waals surface area (Å²) >= 11 is 0. The zero-order valence-electron chi connectivity index (χ0n) is 9.60. The summed E-state index contributed by atoms with van der Waals surface area (Å²) < 4.78 is 2.30. The second kappa shape index (κ2) is 4.96. The Morgan fingerprint density at radius 3 is 1.82 bits per heavy atom. The van der Waals surface area contributed by atoms with Gasteiger partial charge in [0.05, 0.1) is 0 Å². The van der Waals surface area contributed by atoms with Crippen molar-refractivity contribution in [1.29, 1.82) is 0 Å². The van der Waals surface area contributed by atoms with Crippen LogP contribution in [-0.2, 0) is 6.54 Å². The molecule has 3 rings (SSSR count). The van der Waals surface area contributed by atoms with Gasteiger partial charge < -0.3 is 24.0 Å². The Morgan fingerprint density at radius 1 is 0.882 bits per heavy atom. The molecule has 0 radical (unpaired) electrons. The van der Waals surface area contributed by atoms with Gasteiger partial charge in [-0.15, -0.1) is 0 Å². The molecule has 0 aliphatic rings. The summed E-state index contributed by atoms with van der Waals surface area (Å²) in [6.45, 7) is 3.13. The lowest BCUT2D eigenvalue weighted by atomic mass is 10.2. The molecule has 2 nitrogen and oxygen atoms in total. The number of para-hydroxylation sites is 4. The van der Waals surface area contributed by atoms with Crippen LogP contribution in [0, 0.1) is 0 Å². The van der Waals surface area contributed by atoms with E-state index in [4.69, 9.17) is 0 Å². The van der Waals surface area contributed by atoms with E-state index in [2.05, 4.69) is 52.9 Å². The molecule has 0 saturated heterocycles. The van der Waals surface area contributed by atoms with Crippen LogP contribution in [0.3, 0.4) is 0 Å². The van der Waals surface area contributed by atoms with E-state index in [1.54, 1.807) is 0 Å². The summed E-state index contributed by atoms with van der Waals surface area (Å²) in [7, 11) is 0. The number of rotatable bonds is 1. The molecule has 0 amide bonds. The van der Waals surface area contributed by atoms with Gasteiger partial charge in [0.2, 0.25) is 11.0 Å². The van der Waals surface area contributed by atoms with E-state index < -0.39 is 0 Å². The molecule has 0 saturated carbocycles. The highest BCUT2D eigenvalue weighted by atomic mass is 127. The lowest BCUT2D eigenvalue weighted by molar-refractivity contribution is -0.641. The maximum Gasteiger partial charge on any atom is 0.231 e. The standard InChI is InChI=1S/C14H13N2.HI/c1-2-16-13-9-5-3-7-11(13)15-12-8-4-6-10-14(12)16;/h3-10H,2H2,1H3;1H/q+1;/p-1. The molecule has 86 valence electrons. The predicted octanol–water partition coefficient (Wildman–Crippen LogP) is -0.301. The van der Waals surface area contributed by atoms with Crippen molar-refractivity contribution in [1.82, 2.24) is 4.98 Å². The number of aryl methyl sites for hydroxylation is 1. The van der Waals surface area contributed by atoms with E-state index >= 15 is 0 Å². The van der Waals surface area contributed by atoms with Crippen LogP contribution in [0.4, 0.5) is 0 Å². The van der Waals surface area contributed by atoms with Crippen molar-refractivity contribution >= 4 is 22.1 Å². The monoisotopic (exact) mass is 336 g/mol. The van der Waals surface area contributed by atoms with Gasteiger partial charge in [-0.25, -0.2) is 4.98 Å². The second-order valence-electron chi connectivity index (χ2n) is 3.83. The third-order valence-corrected chi connectivity index (χ3v) is 2.90. The van der Waals surface area contributed by atoms with Crippen molar-refractivity contribution in [3.8, 4) is 0 Å². The summed E-state index contributed by atoms with van der Waals surface area (Å²) in [5, 5.41) is 0. The maximum absolute atomic E-state index is 4.67. The van der Waals surface area contributed by atoms with Gasteiger partial charge in [-0.2, -0.15) is 4.57 Å². The molecule has 0 spiro atoms. The average molecular weight is 336 g/mol. The van der Waals surface area contributed by atoms with Crippen molar-refractivity contribution < 1.29 is 28.5 Å². The van der Waals surface area contributed by atoms with Crippen molar-refractivity contribution in [2.45, 2.75) is 13.5 Å². The Balaban J connectivity index is 0.00000108. The lowest BCUT2D eigenvalue weighted by Crippen LogP contribution is -3.00. The van der Waals surface area contributed by atoms with Crippen LogP contribution in [-0.4, -0.2) is 4.98 Å². The van der Waals surface area contributed by atoms with Gasteiger partial charge in [-0.1, -0.05) is 24.3 Å². The minimum Gasteiger partial charge on any atom is -1.00 e. The molecule has 0 aliphatic heterocycles. The molecule has 1 heterocycles. The topological polar surface area (TPSA) is 16.8 Å². The largest absolute Gasteiger partial charge is 1.00 e. The SMILES string of the molecule is CC[n+]1c2ccccc2nc2ccccc21.[I-]. The van der Waals surface area contributed by atoms with Crippen LogP contribution in [0.15, 0.2) is 48.5 Å². The fraction of sp³-hybridized carbons (Fsp3) is 0.143. The quantitative estimate of drug-likeness (QED) is 0.339. The Labute approximate surface area is 117 Å². The summed E-state index contributed by atoms with van der Waals surface area (Å²) in [5.74, 6) is 0. The number of halogens is 1. The molecule has 1 aromatic heterocycles. The highest BCUT2D eigenvalue weighted by Gasteiger charge is 2.13. The van der Waals surface area contributed by atoms with Crippen LogP contribution in [0.5, 0.6) is 0 Å². The Morgan fingerprint density at radius 2 is 1.35 bits per heavy atom. The Bertz CT molecular complexity index is 610. The van der Waals surface area contributed by atoms with Crippen LogP contribution < -0.4 is 28.5 Å². The molecule has 0 unspecified atom stereocenters. The van der Waals surface area contributed by atoms with E-state index in [1.165, 1.54) is 11.0 Å². The molecule has 0 fully saturated rings. The summed E-state index contributed by atoms with van der Waals surface area (Å²) in [6, 6.07) is 16.6. The minimum atomic E-state index is 0. The molecule has 3 heteroatoms. The van der Waals surface area contributed by atoms with E-state index in [1.807, 2.05) is 12.1 Å². The highest BCUT2D eigenvalue weighted by Crippen LogP contribution is 2.13. The van der Waals surface area contributed by atoms with Gasteiger partial charge in [-0.05, 0) is 19.1 Å². The molecule has 0 aliphatic carbocycles.